The summed E-state index contributed by atoms with van der Waals surface area (Å²) in [7, 11) is 0. The fraction of sp³-hybridized carbons (Fsp3) is 0.0952. The molecule has 0 saturated carbocycles. The zero-order valence-electron chi connectivity index (χ0n) is 37.9. The van der Waals surface area contributed by atoms with Gasteiger partial charge in [-0.25, -0.2) is 0 Å². The number of fused-ring (bicyclic) bond motifs is 3. The van der Waals surface area contributed by atoms with Gasteiger partial charge in [0.1, 0.15) is 0 Å². The predicted octanol–water partition coefficient (Wildman–Crippen LogP) is 15.8. The Labute approximate surface area is 416 Å². The first-order valence-electron chi connectivity index (χ1n) is 23.0. The molecule has 0 radical (unpaired) electrons. The molecule has 11 aromatic rings. The molecule has 328 valence electrons. The average Bonchev–Trinajstić information content (AvgIpc) is 3.76. The summed E-state index contributed by atoms with van der Waals surface area (Å²) in [6.07, 6.45) is 9.39. The Balaban J connectivity index is 0.00000539. The number of thiophene rings is 1. The summed E-state index contributed by atoms with van der Waals surface area (Å²) in [6.45, 7) is 4.12. The maximum Gasteiger partial charge on any atom is 3.00 e. The van der Waals surface area contributed by atoms with Crippen molar-refractivity contribution in [3.8, 4) is 67.2 Å². The number of aryl methyl sites for hydroxylation is 6. The molecule has 68 heavy (non-hydrogen) atoms. The van der Waals surface area contributed by atoms with Gasteiger partial charge in [-0.05, 0) is 106 Å². The zero-order valence-corrected chi connectivity index (χ0v) is 41.1. The van der Waals surface area contributed by atoms with E-state index in [0.717, 1.165) is 81.7 Å². The molecule has 0 fully saturated rings. The quantitative estimate of drug-likeness (QED) is 0.114. The van der Waals surface area contributed by atoms with Crippen LogP contribution in [0.3, 0.4) is 0 Å². The van der Waals surface area contributed by atoms with Gasteiger partial charge in [-0.1, -0.05) is 127 Å². The van der Waals surface area contributed by atoms with Crippen LogP contribution < -0.4 is 0 Å². The first-order valence-corrected chi connectivity index (χ1v) is 23.8. The van der Waals surface area contributed by atoms with Crippen LogP contribution in [0.1, 0.15) is 33.4 Å². The number of aromatic nitrogens is 3. The number of hydrogen-bond acceptors (Lipinski definition) is 4. The van der Waals surface area contributed by atoms with Crippen molar-refractivity contribution in [2.24, 2.45) is 0 Å². The van der Waals surface area contributed by atoms with E-state index in [1.807, 2.05) is 29.9 Å². The van der Waals surface area contributed by atoms with E-state index in [0.29, 0.717) is 0 Å². The van der Waals surface area contributed by atoms with Gasteiger partial charge < -0.3 is 15.0 Å². The van der Waals surface area contributed by atoms with Crippen LogP contribution in [0.15, 0.2) is 195 Å². The van der Waals surface area contributed by atoms with Gasteiger partial charge >= 0.3 is 20.1 Å². The minimum atomic E-state index is 0. The van der Waals surface area contributed by atoms with Crippen molar-refractivity contribution in [2.45, 2.75) is 39.5 Å². The van der Waals surface area contributed by atoms with Gasteiger partial charge in [-0.2, -0.15) is 0 Å². The summed E-state index contributed by atoms with van der Waals surface area (Å²) in [5, 5.41) is 2.62. The first-order chi connectivity index (χ1) is 33.0. The van der Waals surface area contributed by atoms with E-state index in [4.69, 9.17) is 4.98 Å². The third-order valence-corrected chi connectivity index (χ3v) is 13.8. The molecule has 0 atom stereocenters. The molecule has 0 amide bonds. The number of nitrogens with zero attached hydrogens (tertiary/aromatic N) is 3. The van der Waals surface area contributed by atoms with E-state index in [1.54, 1.807) is 0 Å². The van der Waals surface area contributed by atoms with Crippen LogP contribution >= 0.6 is 11.3 Å². The number of hydrogen-bond donors (Lipinski definition) is 0. The fourth-order valence-corrected chi connectivity index (χ4v) is 10.1. The Bertz CT molecular complexity index is 3390. The summed E-state index contributed by atoms with van der Waals surface area (Å²) in [5.41, 5.74) is 20.3. The molecule has 0 spiro atoms. The predicted molar refractivity (Wildman–Crippen MR) is 279 cm³/mol. The smallest absolute Gasteiger partial charge is 0.305 e. The maximum absolute atomic E-state index is 4.80. The van der Waals surface area contributed by atoms with E-state index in [1.165, 1.54) is 64.7 Å². The Morgan fingerprint density at radius 3 is 1.54 bits per heavy atom. The van der Waals surface area contributed by atoms with Crippen molar-refractivity contribution in [1.29, 1.82) is 0 Å². The molecule has 11 rings (SSSR count). The number of pyridine rings is 3. The van der Waals surface area contributed by atoms with E-state index in [-0.39, 0.29) is 20.1 Å². The van der Waals surface area contributed by atoms with Crippen LogP contribution in [0.2, 0.25) is 0 Å². The van der Waals surface area contributed by atoms with Gasteiger partial charge in [0.2, 0.25) is 0 Å². The number of rotatable bonds is 12. The van der Waals surface area contributed by atoms with Crippen LogP contribution in [0, 0.1) is 32.0 Å². The molecule has 0 aliphatic carbocycles. The van der Waals surface area contributed by atoms with Crippen LogP contribution in [-0.4, -0.2) is 15.0 Å². The largest absolute Gasteiger partial charge is 3.00 e. The van der Waals surface area contributed by atoms with E-state index in [2.05, 4.69) is 218 Å². The molecule has 0 bridgehead atoms. The molecule has 0 N–H and O–H groups in total. The molecule has 5 heteroatoms. The van der Waals surface area contributed by atoms with Crippen LogP contribution in [-0.2, 0) is 45.8 Å². The number of benzene rings is 7. The summed E-state index contributed by atoms with van der Waals surface area (Å²) in [4.78, 5) is 14.0. The van der Waals surface area contributed by atoms with E-state index in [9.17, 15) is 0 Å². The van der Waals surface area contributed by atoms with Crippen molar-refractivity contribution < 1.29 is 20.1 Å². The molecule has 0 aliphatic rings. The summed E-state index contributed by atoms with van der Waals surface area (Å²) in [5.74, 6) is 0. The molecule has 0 aliphatic heterocycles. The first kappa shape index (κ1) is 44.7. The summed E-state index contributed by atoms with van der Waals surface area (Å²) >= 11 is 1.85. The molecule has 3 nitrogen and oxygen atoms in total. The van der Waals surface area contributed by atoms with Crippen LogP contribution in [0.25, 0.3) is 87.3 Å². The SMILES string of the molecule is Cc1ccc(-c2[c-]cc(CCc3cc(CCc4c[c-]c(-c5ccc(C)cn5)cc4)cc(-c4ccccc4-c4c[c-]c(-c5cc(-c6ccc7c(c6)sc6ccccc67)ccn5)cc4)c3)cc2)nc1.[Ir+3]. The van der Waals surface area contributed by atoms with Gasteiger partial charge in [0.05, 0.1) is 0 Å². The maximum atomic E-state index is 4.80. The van der Waals surface area contributed by atoms with Crippen molar-refractivity contribution in [3.63, 3.8) is 0 Å². The molecule has 4 aromatic heterocycles. The van der Waals surface area contributed by atoms with Gasteiger partial charge in [-0.15, -0.1) is 112 Å². The van der Waals surface area contributed by atoms with Crippen LogP contribution in [0.4, 0.5) is 0 Å². The molecule has 4 heterocycles. The zero-order chi connectivity index (χ0) is 45.1. The Morgan fingerprint density at radius 2 is 0.941 bits per heavy atom. The minimum Gasteiger partial charge on any atom is -0.305 e. The van der Waals surface area contributed by atoms with Gasteiger partial charge in [-0.3, -0.25) is 0 Å². The Morgan fingerprint density at radius 1 is 0.397 bits per heavy atom. The topological polar surface area (TPSA) is 38.7 Å². The van der Waals surface area contributed by atoms with Gasteiger partial charge in [0.25, 0.3) is 0 Å². The van der Waals surface area contributed by atoms with Crippen molar-refractivity contribution in [1.82, 2.24) is 15.0 Å². The summed E-state index contributed by atoms with van der Waals surface area (Å²) < 4.78 is 2.61. The van der Waals surface area contributed by atoms with Crippen molar-refractivity contribution in [3.05, 3.63) is 246 Å². The molecule has 7 aromatic carbocycles. The van der Waals surface area contributed by atoms with Gasteiger partial charge in [0, 0.05) is 38.8 Å². The minimum absolute atomic E-state index is 0. The van der Waals surface area contributed by atoms with E-state index >= 15 is 0 Å². The van der Waals surface area contributed by atoms with Gasteiger partial charge in [0.15, 0.2) is 0 Å². The monoisotopic (exact) mass is 1070 g/mol. The molecular weight excluding hydrogens is 1020 g/mol. The Kier molecular flexibility index (Phi) is 13.1. The van der Waals surface area contributed by atoms with Crippen LogP contribution in [0.5, 0.6) is 0 Å². The van der Waals surface area contributed by atoms with Crippen molar-refractivity contribution in [2.75, 3.05) is 0 Å². The van der Waals surface area contributed by atoms with Crippen molar-refractivity contribution >= 4 is 31.5 Å². The normalized spacial score (nSPS) is 11.2. The Hall–Kier alpha value is -7.14. The molecule has 0 unspecified atom stereocenters. The standard InChI is InChI=1S/C63H46N3S.Ir/c1-42-11-31-59(65-40-42)49-21-17-44(18-22-49)13-15-46-35-47(16-14-45-19-23-50(24-20-45)60-32-12-43(2)41-66-60)37-54(36-46)56-8-4-3-7-55(56)48-25-27-51(28-26-48)61-38-53(33-34-64-61)52-29-30-58-57-9-5-6-10-62(57)67-63(58)39-52;/h3-12,17-21,23,25-27,29-41H,13-16H2,1-2H3;/q-3;+3. The third kappa shape index (κ3) is 9.79. The second kappa shape index (κ2) is 20.0. The summed E-state index contributed by atoms with van der Waals surface area (Å²) in [6, 6.07) is 74.1. The molecular formula is C63H46IrN3S. The second-order valence-electron chi connectivity index (χ2n) is 17.5. The molecule has 0 saturated heterocycles. The van der Waals surface area contributed by atoms with E-state index < -0.39 is 0 Å². The fourth-order valence-electron chi connectivity index (χ4n) is 8.98. The third-order valence-electron chi connectivity index (χ3n) is 12.7. The average molecular weight is 1070 g/mol. The second-order valence-corrected chi connectivity index (χ2v) is 18.6.